The summed E-state index contributed by atoms with van der Waals surface area (Å²) in [6, 6.07) is 0. The minimum atomic E-state index is -0.853. The molecule has 1 fully saturated rings. The van der Waals surface area contributed by atoms with Gasteiger partial charge < -0.3 is 15.3 Å². The van der Waals surface area contributed by atoms with Crippen molar-refractivity contribution in [3.05, 3.63) is 16.6 Å². The van der Waals surface area contributed by atoms with Gasteiger partial charge in [0.15, 0.2) is 0 Å². The minimum Gasteiger partial charge on any atom is -0.480 e. The van der Waals surface area contributed by atoms with E-state index in [1.165, 1.54) is 11.3 Å². The molecule has 0 radical (unpaired) electrons. The van der Waals surface area contributed by atoms with Crippen molar-refractivity contribution in [2.75, 3.05) is 26.2 Å². The van der Waals surface area contributed by atoms with Gasteiger partial charge in [-0.1, -0.05) is 0 Å². The monoisotopic (exact) mass is 283 g/mol. The fourth-order valence-electron chi connectivity index (χ4n) is 2.28. The number of nitrogens with zero attached hydrogens (tertiary/aromatic N) is 2. The van der Waals surface area contributed by atoms with Crippen LogP contribution in [0, 0.1) is 5.92 Å². The van der Waals surface area contributed by atoms with E-state index >= 15 is 0 Å². The van der Waals surface area contributed by atoms with E-state index < -0.39 is 5.97 Å². The molecule has 2 heterocycles. The molecule has 1 aliphatic rings. The maximum atomic E-state index is 12.2. The summed E-state index contributed by atoms with van der Waals surface area (Å²) in [7, 11) is 0. The van der Waals surface area contributed by atoms with Crippen LogP contribution in [0.2, 0.25) is 0 Å². The number of rotatable bonds is 5. The number of piperidine rings is 1. The lowest BCUT2D eigenvalue weighted by molar-refractivity contribution is -0.136. The van der Waals surface area contributed by atoms with Gasteiger partial charge in [-0.05, 0) is 18.8 Å². The standard InChI is InChI=1S/C12H17N3O3S/c16-11(17)6-13-4-9-2-1-3-15(7-9)12(18)10-5-14-8-19-10/h5,8-9,13H,1-4,6-7H2,(H,16,17). The summed E-state index contributed by atoms with van der Waals surface area (Å²) < 4.78 is 0. The van der Waals surface area contributed by atoms with Crippen molar-refractivity contribution in [3.8, 4) is 0 Å². The Morgan fingerprint density at radius 2 is 2.42 bits per heavy atom. The van der Waals surface area contributed by atoms with Crippen LogP contribution in [0.25, 0.3) is 0 Å². The zero-order valence-corrected chi connectivity index (χ0v) is 11.4. The summed E-state index contributed by atoms with van der Waals surface area (Å²) in [6.45, 7) is 2.06. The lowest BCUT2D eigenvalue weighted by Gasteiger charge is -2.32. The van der Waals surface area contributed by atoms with E-state index in [4.69, 9.17) is 5.11 Å². The van der Waals surface area contributed by atoms with E-state index in [-0.39, 0.29) is 12.5 Å². The number of amides is 1. The average Bonchev–Trinajstić information content (AvgIpc) is 2.91. The van der Waals surface area contributed by atoms with Gasteiger partial charge in [0.1, 0.15) is 4.88 Å². The van der Waals surface area contributed by atoms with Crippen LogP contribution in [-0.2, 0) is 4.79 Å². The van der Waals surface area contributed by atoms with Crippen molar-refractivity contribution in [2.45, 2.75) is 12.8 Å². The lowest BCUT2D eigenvalue weighted by atomic mass is 9.98. The molecule has 6 nitrogen and oxygen atoms in total. The van der Waals surface area contributed by atoms with Crippen LogP contribution in [0.4, 0.5) is 0 Å². The third-order valence-corrected chi connectivity index (χ3v) is 3.92. The lowest BCUT2D eigenvalue weighted by Crippen LogP contribution is -2.43. The number of aromatic nitrogens is 1. The number of thiazole rings is 1. The van der Waals surface area contributed by atoms with Gasteiger partial charge in [0.05, 0.1) is 18.3 Å². The van der Waals surface area contributed by atoms with E-state index in [0.29, 0.717) is 23.9 Å². The summed E-state index contributed by atoms with van der Waals surface area (Å²) in [6.07, 6.45) is 3.59. The van der Waals surface area contributed by atoms with Gasteiger partial charge in [-0.3, -0.25) is 14.6 Å². The van der Waals surface area contributed by atoms with Crippen molar-refractivity contribution in [2.24, 2.45) is 5.92 Å². The maximum Gasteiger partial charge on any atom is 0.317 e. The van der Waals surface area contributed by atoms with Crippen LogP contribution in [0.3, 0.4) is 0 Å². The molecule has 1 aliphatic heterocycles. The number of hydrogen-bond donors (Lipinski definition) is 2. The van der Waals surface area contributed by atoms with Crippen molar-refractivity contribution in [3.63, 3.8) is 0 Å². The van der Waals surface area contributed by atoms with Crippen molar-refractivity contribution in [1.29, 1.82) is 0 Å². The Morgan fingerprint density at radius 1 is 1.58 bits per heavy atom. The van der Waals surface area contributed by atoms with Crippen LogP contribution in [-0.4, -0.2) is 53.0 Å². The zero-order valence-electron chi connectivity index (χ0n) is 10.5. The number of likely N-dealkylation sites (tertiary alicyclic amines) is 1. The van der Waals surface area contributed by atoms with E-state index in [1.807, 2.05) is 4.90 Å². The van der Waals surface area contributed by atoms with E-state index in [0.717, 1.165) is 19.4 Å². The average molecular weight is 283 g/mol. The minimum absolute atomic E-state index is 0.0285. The number of carbonyl (C=O) groups excluding carboxylic acids is 1. The third-order valence-electron chi connectivity index (χ3n) is 3.16. The Morgan fingerprint density at radius 3 is 3.11 bits per heavy atom. The summed E-state index contributed by atoms with van der Waals surface area (Å²) in [5, 5.41) is 11.5. The molecule has 19 heavy (non-hydrogen) atoms. The Bertz CT molecular complexity index is 435. The first-order chi connectivity index (χ1) is 9.16. The number of carbonyl (C=O) groups is 2. The van der Waals surface area contributed by atoms with Crippen LogP contribution < -0.4 is 5.32 Å². The first kappa shape index (κ1) is 14.0. The Balaban J connectivity index is 1.83. The summed E-state index contributed by atoms with van der Waals surface area (Å²) >= 11 is 1.35. The van der Waals surface area contributed by atoms with Crippen molar-refractivity contribution in [1.82, 2.24) is 15.2 Å². The maximum absolute atomic E-state index is 12.2. The van der Waals surface area contributed by atoms with Crippen LogP contribution in [0.1, 0.15) is 22.5 Å². The molecule has 0 spiro atoms. The highest BCUT2D eigenvalue weighted by atomic mass is 32.1. The molecule has 0 bridgehead atoms. The molecule has 2 rings (SSSR count). The predicted octanol–water partition coefficient (Wildman–Crippen LogP) is 0.669. The topological polar surface area (TPSA) is 82.5 Å². The fourth-order valence-corrected chi connectivity index (χ4v) is 2.86. The van der Waals surface area contributed by atoms with Crippen molar-refractivity contribution >= 4 is 23.2 Å². The SMILES string of the molecule is O=C(O)CNCC1CCCN(C(=O)c2cncs2)C1. The molecule has 1 atom stereocenters. The molecule has 1 aromatic heterocycles. The number of hydrogen-bond acceptors (Lipinski definition) is 5. The smallest absolute Gasteiger partial charge is 0.317 e. The quantitative estimate of drug-likeness (QED) is 0.830. The summed E-state index contributed by atoms with van der Waals surface area (Å²) in [5.41, 5.74) is 1.66. The number of aliphatic carboxylic acids is 1. The molecular formula is C12H17N3O3S. The molecule has 0 aliphatic carbocycles. The molecule has 1 aromatic rings. The van der Waals surface area contributed by atoms with E-state index in [1.54, 1.807) is 11.7 Å². The second kappa shape index (κ2) is 6.63. The number of carboxylic acids is 1. The molecule has 0 saturated carbocycles. The van der Waals surface area contributed by atoms with Crippen LogP contribution in [0.15, 0.2) is 11.7 Å². The normalized spacial score (nSPS) is 19.4. The fraction of sp³-hybridized carbons (Fsp3) is 0.583. The van der Waals surface area contributed by atoms with Crippen LogP contribution in [0.5, 0.6) is 0 Å². The molecule has 7 heteroatoms. The second-order valence-electron chi connectivity index (χ2n) is 4.65. The van der Waals surface area contributed by atoms with E-state index in [2.05, 4.69) is 10.3 Å². The Kier molecular flexibility index (Phi) is 4.86. The molecule has 0 aromatic carbocycles. The highest BCUT2D eigenvalue weighted by molar-refractivity contribution is 7.11. The Labute approximate surface area is 115 Å². The molecule has 1 amide bonds. The second-order valence-corrected chi connectivity index (χ2v) is 5.54. The predicted molar refractivity (Wildman–Crippen MR) is 71.2 cm³/mol. The van der Waals surface area contributed by atoms with Gasteiger partial charge in [-0.15, -0.1) is 11.3 Å². The van der Waals surface area contributed by atoms with Crippen LogP contribution >= 0.6 is 11.3 Å². The zero-order chi connectivity index (χ0) is 13.7. The molecular weight excluding hydrogens is 266 g/mol. The molecule has 104 valence electrons. The first-order valence-electron chi connectivity index (χ1n) is 6.27. The highest BCUT2D eigenvalue weighted by Crippen LogP contribution is 2.19. The third kappa shape index (κ3) is 4.00. The summed E-state index contributed by atoms with van der Waals surface area (Å²) in [4.78, 5) is 29.0. The van der Waals surface area contributed by atoms with Gasteiger partial charge in [-0.25, -0.2) is 0 Å². The molecule has 2 N–H and O–H groups in total. The molecule has 1 saturated heterocycles. The largest absolute Gasteiger partial charge is 0.480 e. The number of carboxylic acid groups (broad SMARTS) is 1. The molecule has 1 unspecified atom stereocenters. The first-order valence-corrected chi connectivity index (χ1v) is 7.15. The van der Waals surface area contributed by atoms with Crippen molar-refractivity contribution < 1.29 is 14.7 Å². The van der Waals surface area contributed by atoms with Gasteiger partial charge in [0.2, 0.25) is 0 Å². The van der Waals surface area contributed by atoms with Gasteiger partial charge in [-0.2, -0.15) is 0 Å². The Hall–Kier alpha value is -1.47. The number of nitrogens with one attached hydrogen (secondary N) is 1. The van der Waals surface area contributed by atoms with Gasteiger partial charge >= 0.3 is 5.97 Å². The van der Waals surface area contributed by atoms with E-state index in [9.17, 15) is 9.59 Å². The highest BCUT2D eigenvalue weighted by Gasteiger charge is 2.25. The summed E-state index contributed by atoms with van der Waals surface area (Å²) in [5.74, 6) is -0.496. The van der Waals surface area contributed by atoms with Gasteiger partial charge in [0.25, 0.3) is 5.91 Å². The van der Waals surface area contributed by atoms with Gasteiger partial charge in [0, 0.05) is 19.6 Å².